The molecule has 0 saturated heterocycles. The summed E-state index contributed by atoms with van der Waals surface area (Å²) in [5.41, 5.74) is 0.572. The predicted octanol–water partition coefficient (Wildman–Crippen LogP) is 3.76. The Kier molecular flexibility index (Phi) is 5.90. The third-order valence-electron chi connectivity index (χ3n) is 3.67. The largest absolute Gasteiger partial charge is 0.463 e. The maximum absolute atomic E-state index is 13.7. The van der Waals surface area contributed by atoms with Crippen molar-refractivity contribution in [2.45, 2.75) is 6.54 Å². The minimum Gasteiger partial charge on any atom is -0.463 e. The molecule has 9 heteroatoms. The van der Waals surface area contributed by atoms with Crippen LogP contribution in [0, 0.1) is 5.82 Å². The Hall–Kier alpha value is -3.39. The van der Waals surface area contributed by atoms with Crippen LogP contribution in [0.15, 0.2) is 53.2 Å². The van der Waals surface area contributed by atoms with Crippen molar-refractivity contribution in [3.63, 3.8) is 0 Å². The molecule has 0 fully saturated rings. The van der Waals surface area contributed by atoms with Gasteiger partial charge in [0.25, 0.3) is 0 Å². The molecule has 0 unspecified atom stereocenters. The van der Waals surface area contributed by atoms with E-state index in [1.807, 2.05) is 0 Å². The quantitative estimate of drug-likeness (QED) is 0.500. The molecule has 1 amide bonds. The first kappa shape index (κ1) is 19.4. The van der Waals surface area contributed by atoms with Gasteiger partial charge in [-0.2, -0.15) is 5.10 Å². The molecule has 0 saturated carbocycles. The predicted molar refractivity (Wildman–Crippen MR) is 100 cm³/mol. The van der Waals surface area contributed by atoms with Crippen LogP contribution in [0.2, 0.25) is 5.02 Å². The Balaban J connectivity index is 1.61. The van der Waals surface area contributed by atoms with Crippen LogP contribution in [0.4, 0.5) is 10.1 Å². The normalized spacial score (nSPS) is 11.0. The molecule has 2 heterocycles. The van der Waals surface area contributed by atoms with Gasteiger partial charge in [0.2, 0.25) is 11.7 Å². The summed E-state index contributed by atoms with van der Waals surface area (Å²) in [5, 5.41) is 6.93. The lowest BCUT2D eigenvalue weighted by Crippen LogP contribution is -2.07. The summed E-state index contributed by atoms with van der Waals surface area (Å²) in [5.74, 6) is -0.967. The number of benzene rings is 1. The molecule has 28 heavy (non-hydrogen) atoms. The standard InChI is InChI=1S/C19H15ClFN3O4/c1-27-19(26)17-7-5-13(28-17)11-24-10-12(9-22-24)23-18(25)8-6-14-15(20)3-2-4-16(14)21/h2-10H,11H2,1H3,(H,23,25)/b8-6+. The zero-order chi connectivity index (χ0) is 20.1. The van der Waals surface area contributed by atoms with Crippen molar-refractivity contribution < 1.29 is 23.1 Å². The maximum Gasteiger partial charge on any atom is 0.373 e. The van der Waals surface area contributed by atoms with Crippen LogP contribution >= 0.6 is 11.6 Å². The van der Waals surface area contributed by atoms with E-state index >= 15 is 0 Å². The fraction of sp³-hybridized carbons (Fsp3) is 0.105. The van der Waals surface area contributed by atoms with Gasteiger partial charge >= 0.3 is 5.97 Å². The van der Waals surface area contributed by atoms with E-state index in [2.05, 4.69) is 15.2 Å². The van der Waals surface area contributed by atoms with E-state index in [0.29, 0.717) is 11.4 Å². The molecule has 0 aliphatic heterocycles. The lowest BCUT2D eigenvalue weighted by molar-refractivity contribution is -0.111. The molecule has 144 valence electrons. The summed E-state index contributed by atoms with van der Waals surface area (Å²) in [7, 11) is 1.27. The zero-order valence-corrected chi connectivity index (χ0v) is 15.4. The van der Waals surface area contributed by atoms with Crippen LogP contribution in [0.5, 0.6) is 0 Å². The highest BCUT2D eigenvalue weighted by Crippen LogP contribution is 2.20. The van der Waals surface area contributed by atoms with Gasteiger partial charge in [0.1, 0.15) is 11.6 Å². The smallest absolute Gasteiger partial charge is 0.373 e. The summed E-state index contributed by atoms with van der Waals surface area (Å²) < 4.78 is 25.1. The number of hydrogen-bond donors (Lipinski definition) is 1. The number of aromatic nitrogens is 2. The summed E-state index contributed by atoms with van der Waals surface area (Å²) in [6, 6.07) is 7.41. The van der Waals surface area contributed by atoms with Crippen molar-refractivity contribution in [3.8, 4) is 0 Å². The van der Waals surface area contributed by atoms with Gasteiger partial charge in [0.15, 0.2) is 0 Å². The lowest BCUT2D eigenvalue weighted by Gasteiger charge is -2.00. The van der Waals surface area contributed by atoms with Crippen molar-refractivity contribution in [2.75, 3.05) is 12.4 Å². The van der Waals surface area contributed by atoms with Crippen LogP contribution in [-0.2, 0) is 16.1 Å². The molecular weight excluding hydrogens is 389 g/mol. The topological polar surface area (TPSA) is 86.4 Å². The number of nitrogens with zero attached hydrogens (tertiary/aromatic N) is 2. The van der Waals surface area contributed by atoms with Crippen molar-refractivity contribution in [1.82, 2.24) is 9.78 Å². The second-order valence-electron chi connectivity index (χ2n) is 5.64. The van der Waals surface area contributed by atoms with E-state index in [1.54, 1.807) is 12.3 Å². The summed E-state index contributed by atoms with van der Waals surface area (Å²) >= 11 is 5.91. The number of methoxy groups -OCH3 is 1. The Morgan fingerprint density at radius 2 is 2.18 bits per heavy atom. The number of carbonyl (C=O) groups excluding carboxylic acids is 2. The van der Waals surface area contributed by atoms with Gasteiger partial charge in [-0.05, 0) is 30.3 Å². The number of hydrogen-bond acceptors (Lipinski definition) is 5. The molecule has 0 spiro atoms. The fourth-order valence-electron chi connectivity index (χ4n) is 2.36. The third-order valence-corrected chi connectivity index (χ3v) is 4.00. The molecule has 3 rings (SSSR count). The van der Waals surface area contributed by atoms with E-state index in [0.717, 1.165) is 0 Å². The molecule has 0 aliphatic carbocycles. The number of furan rings is 1. The van der Waals surface area contributed by atoms with E-state index in [1.165, 1.54) is 54.4 Å². The van der Waals surface area contributed by atoms with Crippen molar-refractivity contribution in [1.29, 1.82) is 0 Å². The average molecular weight is 404 g/mol. The van der Waals surface area contributed by atoms with Gasteiger partial charge in [-0.1, -0.05) is 17.7 Å². The van der Waals surface area contributed by atoms with Gasteiger partial charge in [0.05, 0.1) is 30.6 Å². The van der Waals surface area contributed by atoms with E-state index in [-0.39, 0.29) is 22.9 Å². The SMILES string of the molecule is COC(=O)c1ccc(Cn2cc(NC(=O)/C=C/c3c(F)cccc3Cl)cn2)o1. The summed E-state index contributed by atoms with van der Waals surface area (Å²) in [4.78, 5) is 23.4. The number of anilines is 1. The van der Waals surface area contributed by atoms with Crippen LogP contribution in [0.3, 0.4) is 0 Å². The molecule has 0 bridgehead atoms. The molecule has 7 nitrogen and oxygen atoms in total. The van der Waals surface area contributed by atoms with Gasteiger partial charge in [0, 0.05) is 17.8 Å². The van der Waals surface area contributed by atoms with Crippen molar-refractivity contribution in [3.05, 3.63) is 76.7 Å². The summed E-state index contributed by atoms with van der Waals surface area (Å²) in [6.07, 6.45) is 5.51. The molecule has 1 N–H and O–H groups in total. The number of esters is 1. The highest BCUT2D eigenvalue weighted by Gasteiger charge is 2.12. The minimum atomic E-state index is -0.568. The lowest BCUT2D eigenvalue weighted by atomic mass is 10.2. The number of rotatable bonds is 6. The Bertz CT molecular complexity index is 1020. The number of amides is 1. The minimum absolute atomic E-state index is 0.0927. The second kappa shape index (κ2) is 8.53. The number of carbonyl (C=O) groups is 2. The molecule has 2 aromatic heterocycles. The first-order valence-electron chi connectivity index (χ1n) is 8.09. The second-order valence-corrected chi connectivity index (χ2v) is 6.05. The van der Waals surface area contributed by atoms with Gasteiger partial charge < -0.3 is 14.5 Å². The monoisotopic (exact) mass is 403 g/mol. The van der Waals surface area contributed by atoms with Crippen LogP contribution in [0.1, 0.15) is 21.9 Å². The van der Waals surface area contributed by atoms with Crippen LogP contribution in [-0.4, -0.2) is 28.8 Å². The number of ether oxygens (including phenoxy) is 1. The Labute approximate surface area is 164 Å². The first-order valence-corrected chi connectivity index (χ1v) is 8.46. The highest BCUT2D eigenvalue weighted by molar-refractivity contribution is 6.32. The van der Waals surface area contributed by atoms with Crippen molar-refractivity contribution in [2.24, 2.45) is 0 Å². The molecule has 0 radical (unpaired) electrons. The molecule has 0 atom stereocenters. The Morgan fingerprint density at radius 3 is 2.93 bits per heavy atom. The van der Waals surface area contributed by atoms with Gasteiger partial charge in [-0.3, -0.25) is 9.48 Å². The first-order chi connectivity index (χ1) is 13.5. The fourth-order valence-corrected chi connectivity index (χ4v) is 2.59. The van der Waals surface area contributed by atoms with Gasteiger partial charge in [-0.25, -0.2) is 9.18 Å². The van der Waals surface area contributed by atoms with E-state index in [4.69, 9.17) is 16.0 Å². The van der Waals surface area contributed by atoms with Crippen molar-refractivity contribution >= 4 is 35.2 Å². The number of halogens is 2. The zero-order valence-electron chi connectivity index (χ0n) is 14.7. The van der Waals surface area contributed by atoms with Crippen LogP contribution < -0.4 is 5.32 Å². The summed E-state index contributed by atoms with van der Waals surface area (Å²) in [6.45, 7) is 0.257. The van der Waals surface area contributed by atoms with E-state index in [9.17, 15) is 14.0 Å². The van der Waals surface area contributed by atoms with E-state index < -0.39 is 17.7 Å². The van der Waals surface area contributed by atoms with Crippen LogP contribution in [0.25, 0.3) is 6.08 Å². The third kappa shape index (κ3) is 4.66. The Morgan fingerprint density at radius 1 is 1.36 bits per heavy atom. The average Bonchev–Trinajstić information content (AvgIpc) is 3.30. The van der Waals surface area contributed by atoms with Gasteiger partial charge in [-0.15, -0.1) is 0 Å². The maximum atomic E-state index is 13.7. The highest BCUT2D eigenvalue weighted by atomic mass is 35.5. The molecule has 1 aromatic carbocycles. The number of nitrogens with one attached hydrogen (secondary N) is 1. The molecular formula is C19H15ClFN3O4. The molecule has 3 aromatic rings. The molecule has 0 aliphatic rings.